The maximum Gasteiger partial charge on any atom is 0.338 e. The summed E-state index contributed by atoms with van der Waals surface area (Å²) in [4.78, 5) is 0. The lowest BCUT2D eigenvalue weighted by Crippen LogP contribution is -2.18. The summed E-state index contributed by atoms with van der Waals surface area (Å²) < 4.78 is 31.6. The van der Waals surface area contributed by atoms with Gasteiger partial charge in [-0.3, -0.25) is 4.57 Å². The molecule has 0 amide bonds. The van der Waals surface area contributed by atoms with Crippen molar-refractivity contribution in [2.45, 2.75) is 70.7 Å². The van der Waals surface area contributed by atoms with Crippen molar-refractivity contribution < 1.29 is 23.5 Å². The van der Waals surface area contributed by atoms with Crippen LogP contribution in [0, 0.1) is 13.8 Å². The molecule has 37 heavy (non-hydrogen) atoms. The van der Waals surface area contributed by atoms with E-state index in [2.05, 4.69) is 45.9 Å². The van der Waals surface area contributed by atoms with Crippen LogP contribution in [0.4, 0.5) is 0 Å². The van der Waals surface area contributed by atoms with Crippen LogP contribution in [-0.4, -0.2) is 23.5 Å². The standard InChI is InChI=1S/C30H34ClO5P/c1-18(2)25-14-21(8-9-27(25)32)15-26-19(3)12-24(13-20(26)4)35-29-17-30(29)37(33)34-11-10-28(36-37)22-6-5-7-23(31)16-22/h5-9,12-14,16,18,28-30,32H,10-11,15,17H2,1-4H3/t28-,29-,30-,37?/m0/s1. The number of aromatic hydroxyl groups is 1. The van der Waals surface area contributed by atoms with Crippen LogP contribution in [0.1, 0.15) is 72.1 Å². The lowest BCUT2D eigenvalue weighted by Gasteiger charge is -2.30. The van der Waals surface area contributed by atoms with E-state index in [1.807, 2.05) is 30.3 Å². The molecule has 196 valence electrons. The van der Waals surface area contributed by atoms with Gasteiger partial charge in [0.05, 0.1) is 12.7 Å². The van der Waals surface area contributed by atoms with Crippen molar-refractivity contribution in [2.24, 2.45) is 0 Å². The summed E-state index contributed by atoms with van der Waals surface area (Å²) in [6, 6.07) is 17.5. The van der Waals surface area contributed by atoms with E-state index in [0.717, 1.165) is 34.4 Å². The predicted octanol–water partition coefficient (Wildman–Crippen LogP) is 8.27. The van der Waals surface area contributed by atoms with Crippen LogP contribution in [0.5, 0.6) is 11.5 Å². The molecule has 5 nitrogen and oxygen atoms in total. The third kappa shape index (κ3) is 5.76. The normalized spacial score (nSPS) is 25.3. The van der Waals surface area contributed by atoms with Crippen molar-refractivity contribution in [3.05, 3.63) is 93.0 Å². The van der Waals surface area contributed by atoms with Crippen molar-refractivity contribution in [1.29, 1.82) is 0 Å². The number of rotatable bonds is 7. The first-order chi connectivity index (χ1) is 17.6. The fourth-order valence-corrected chi connectivity index (χ4v) is 7.61. The van der Waals surface area contributed by atoms with Crippen LogP contribution in [-0.2, 0) is 20.0 Å². The number of phenols is 1. The first-order valence-electron chi connectivity index (χ1n) is 12.9. The van der Waals surface area contributed by atoms with Crippen molar-refractivity contribution in [3.8, 4) is 11.5 Å². The van der Waals surface area contributed by atoms with E-state index in [1.165, 1.54) is 11.1 Å². The van der Waals surface area contributed by atoms with Gasteiger partial charge in [-0.15, -0.1) is 0 Å². The van der Waals surface area contributed by atoms with E-state index < -0.39 is 7.60 Å². The molecule has 3 aromatic rings. The molecule has 1 heterocycles. The Labute approximate surface area is 224 Å². The maximum atomic E-state index is 13.6. The van der Waals surface area contributed by atoms with Gasteiger partial charge in [-0.05, 0) is 89.9 Å². The smallest absolute Gasteiger partial charge is 0.338 e. The Morgan fingerprint density at radius 3 is 2.57 bits per heavy atom. The molecule has 4 atom stereocenters. The summed E-state index contributed by atoms with van der Waals surface area (Å²) in [5.41, 5.74) is 6.32. The van der Waals surface area contributed by atoms with Crippen molar-refractivity contribution >= 4 is 19.2 Å². The van der Waals surface area contributed by atoms with Gasteiger partial charge in [0.2, 0.25) is 0 Å². The number of ether oxygens (including phenoxy) is 1. The summed E-state index contributed by atoms with van der Waals surface area (Å²) >= 11 is 6.14. The molecule has 3 aromatic carbocycles. The third-order valence-electron chi connectivity index (χ3n) is 7.30. The molecule has 1 aliphatic heterocycles. The van der Waals surface area contributed by atoms with Crippen LogP contribution in [0.3, 0.4) is 0 Å². The number of hydrogen-bond acceptors (Lipinski definition) is 5. The average molecular weight is 541 g/mol. The first kappa shape index (κ1) is 26.3. The minimum atomic E-state index is -3.29. The Morgan fingerprint density at radius 1 is 1.11 bits per heavy atom. The minimum absolute atomic E-state index is 0.195. The van der Waals surface area contributed by atoms with Crippen LogP contribution in [0.25, 0.3) is 0 Å². The molecule has 1 saturated heterocycles. The molecule has 2 fully saturated rings. The summed E-state index contributed by atoms with van der Waals surface area (Å²) in [6.07, 6.45) is 1.58. The maximum absolute atomic E-state index is 13.6. The van der Waals surface area contributed by atoms with E-state index >= 15 is 0 Å². The molecular formula is C30H34ClO5P. The van der Waals surface area contributed by atoms with Crippen LogP contribution >= 0.6 is 19.2 Å². The predicted molar refractivity (Wildman–Crippen MR) is 147 cm³/mol. The number of hydrogen-bond donors (Lipinski definition) is 1. The highest BCUT2D eigenvalue weighted by Gasteiger charge is 2.57. The Kier molecular flexibility index (Phi) is 7.44. The van der Waals surface area contributed by atoms with Gasteiger partial charge in [0.1, 0.15) is 23.3 Å². The fraction of sp³-hybridized carbons (Fsp3) is 0.400. The Bertz CT molecular complexity index is 1330. The second kappa shape index (κ2) is 10.5. The quantitative estimate of drug-likeness (QED) is 0.305. The Morgan fingerprint density at radius 2 is 1.86 bits per heavy atom. The van der Waals surface area contributed by atoms with E-state index in [1.54, 1.807) is 6.07 Å². The zero-order valence-electron chi connectivity index (χ0n) is 21.7. The van der Waals surface area contributed by atoms with Gasteiger partial charge < -0.3 is 18.9 Å². The van der Waals surface area contributed by atoms with Gasteiger partial charge in [-0.1, -0.05) is 49.7 Å². The lowest BCUT2D eigenvalue weighted by atomic mass is 9.93. The molecule has 1 aliphatic carbocycles. The number of benzene rings is 3. The SMILES string of the molecule is Cc1cc(O[C@H]2C[C@@H]2P2(=O)OCC[C@@H](c3cccc(Cl)c3)O2)cc(C)c1Cc1ccc(O)c(C(C)C)c1. The molecule has 1 saturated carbocycles. The molecule has 0 bridgehead atoms. The van der Waals surface area contributed by atoms with Gasteiger partial charge in [-0.2, -0.15) is 0 Å². The monoisotopic (exact) mass is 540 g/mol. The molecule has 0 aromatic heterocycles. The van der Waals surface area contributed by atoms with Gasteiger partial charge in [-0.25, -0.2) is 0 Å². The highest BCUT2D eigenvalue weighted by Crippen LogP contribution is 2.67. The number of halogens is 1. The zero-order chi connectivity index (χ0) is 26.3. The molecule has 2 aliphatic rings. The minimum Gasteiger partial charge on any atom is -0.508 e. The molecule has 1 N–H and O–H groups in total. The first-order valence-corrected chi connectivity index (χ1v) is 14.9. The molecule has 0 radical (unpaired) electrons. The average Bonchev–Trinajstić information content (AvgIpc) is 3.62. The van der Waals surface area contributed by atoms with Crippen molar-refractivity contribution in [2.75, 3.05) is 6.61 Å². The van der Waals surface area contributed by atoms with Gasteiger partial charge >= 0.3 is 7.60 Å². The molecule has 1 unspecified atom stereocenters. The zero-order valence-corrected chi connectivity index (χ0v) is 23.4. The largest absolute Gasteiger partial charge is 0.508 e. The molecule has 5 rings (SSSR count). The third-order valence-corrected chi connectivity index (χ3v) is 9.99. The van der Waals surface area contributed by atoms with Crippen LogP contribution < -0.4 is 4.74 Å². The summed E-state index contributed by atoms with van der Waals surface area (Å²) in [7, 11) is -3.29. The number of aryl methyl sites for hydroxylation is 2. The van der Waals surface area contributed by atoms with Gasteiger partial charge in [0.25, 0.3) is 0 Å². The lowest BCUT2D eigenvalue weighted by molar-refractivity contribution is 0.0789. The van der Waals surface area contributed by atoms with Crippen LogP contribution in [0.15, 0.2) is 54.6 Å². The van der Waals surface area contributed by atoms with E-state index in [0.29, 0.717) is 30.2 Å². The second-order valence-electron chi connectivity index (χ2n) is 10.5. The Balaban J connectivity index is 1.26. The van der Waals surface area contributed by atoms with E-state index in [9.17, 15) is 9.67 Å². The van der Waals surface area contributed by atoms with Crippen molar-refractivity contribution in [3.63, 3.8) is 0 Å². The summed E-state index contributed by atoms with van der Waals surface area (Å²) in [5, 5.41) is 10.8. The van der Waals surface area contributed by atoms with Gasteiger partial charge in [0.15, 0.2) is 0 Å². The summed E-state index contributed by atoms with van der Waals surface area (Å²) in [6.45, 7) is 8.74. The molecular weight excluding hydrogens is 507 g/mol. The van der Waals surface area contributed by atoms with Crippen molar-refractivity contribution in [1.82, 2.24) is 0 Å². The number of phenolic OH excluding ortho intramolecular Hbond substituents is 1. The van der Waals surface area contributed by atoms with E-state index in [-0.39, 0.29) is 23.8 Å². The Hall–Kier alpha value is -2.30. The highest BCUT2D eigenvalue weighted by molar-refractivity contribution is 7.55. The van der Waals surface area contributed by atoms with E-state index in [4.69, 9.17) is 25.4 Å². The van der Waals surface area contributed by atoms with Gasteiger partial charge in [0, 0.05) is 17.9 Å². The fourth-order valence-electron chi connectivity index (χ4n) is 5.13. The molecule has 0 spiro atoms. The molecule has 7 heteroatoms. The van der Waals surface area contributed by atoms with Crippen LogP contribution in [0.2, 0.25) is 5.02 Å². The summed E-state index contributed by atoms with van der Waals surface area (Å²) in [5.74, 6) is 1.38. The topological polar surface area (TPSA) is 65.0 Å². The second-order valence-corrected chi connectivity index (χ2v) is 13.2. The highest BCUT2D eigenvalue weighted by atomic mass is 35.5.